The highest BCUT2D eigenvalue weighted by atomic mass is 32.2. The Labute approximate surface area is 197 Å². The Morgan fingerprint density at radius 2 is 2.03 bits per heavy atom. The van der Waals surface area contributed by atoms with Crippen molar-refractivity contribution in [2.45, 2.75) is 37.1 Å². The molecule has 172 valence electrons. The molecule has 1 N–H and O–H groups in total. The van der Waals surface area contributed by atoms with E-state index in [1.807, 2.05) is 4.90 Å². The van der Waals surface area contributed by atoms with Crippen LogP contribution in [0.3, 0.4) is 0 Å². The number of anilines is 1. The number of nitrogens with zero attached hydrogens (tertiary/aromatic N) is 4. The van der Waals surface area contributed by atoms with Gasteiger partial charge in [-0.2, -0.15) is 0 Å². The maximum Gasteiger partial charge on any atom is 0.355 e. The summed E-state index contributed by atoms with van der Waals surface area (Å²) in [5, 5.41) is 10.6. The van der Waals surface area contributed by atoms with E-state index in [0.717, 1.165) is 49.2 Å². The van der Waals surface area contributed by atoms with Crippen LogP contribution in [0.25, 0.3) is 0 Å². The number of aromatic nitrogens is 1. The lowest BCUT2D eigenvalue weighted by molar-refractivity contribution is -0.128. The second-order valence-electron chi connectivity index (χ2n) is 8.51. The Bertz CT molecular complexity index is 972. The molecular weight excluding hydrogens is 444 g/mol. The molecule has 2 aromatic rings. The second kappa shape index (κ2) is 10.2. The Balaban J connectivity index is 1.26. The molecule has 9 heteroatoms. The van der Waals surface area contributed by atoms with Gasteiger partial charge in [0, 0.05) is 68.6 Å². The maximum absolute atomic E-state index is 12.5. The maximum atomic E-state index is 12.5. The zero-order valence-corrected chi connectivity index (χ0v) is 20.3. The van der Waals surface area contributed by atoms with Crippen LogP contribution in [0.15, 0.2) is 27.9 Å². The number of aryl methyl sites for hydroxylation is 2. The molecular formula is C23H30N4O3S2. The lowest BCUT2D eigenvalue weighted by atomic mass is 10.1. The summed E-state index contributed by atoms with van der Waals surface area (Å²) < 4.78 is 0.744. The number of benzene rings is 1. The first-order chi connectivity index (χ1) is 15.4. The molecule has 1 aromatic heterocycles. The van der Waals surface area contributed by atoms with E-state index in [4.69, 9.17) is 5.11 Å². The first-order valence-electron chi connectivity index (χ1n) is 11.1. The van der Waals surface area contributed by atoms with Crippen LogP contribution >= 0.6 is 23.1 Å². The second-order valence-corrected chi connectivity index (χ2v) is 10.7. The van der Waals surface area contributed by atoms with Gasteiger partial charge in [0.2, 0.25) is 5.91 Å². The zero-order valence-electron chi connectivity index (χ0n) is 18.6. The van der Waals surface area contributed by atoms with E-state index in [9.17, 15) is 9.59 Å². The van der Waals surface area contributed by atoms with E-state index in [1.54, 1.807) is 5.38 Å². The third-order valence-corrected chi connectivity index (χ3v) is 8.25. The highest BCUT2D eigenvalue weighted by Crippen LogP contribution is 2.26. The van der Waals surface area contributed by atoms with Crippen LogP contribution in [0, 0.1) is 13.8 Å². The van der Waals surface area contributed by atoms with E-state index < -0.39 is 5.97 Å². The molecule has 2 fully saturated rings. The van der Waals surface area contributed by atoms with E-state index in [0.29, 0.717) is 13.0 Å². The summed E-state index contributed by atoms with van der Waals surface area (Å²) in [4.78, 5) is 34.5. The summed E-state index contributed by atoms with van der Waals surface area (Å²) in [5.41, 5.74) is 4.05. The van der Waals surface area contributed by atoms with Gasteiger partial charge < -0.3 is 14.9 Å². The number of rotatable bonds is 8. The molecule has 3 heterocycles. The number of amides is 1. The quantitative estimate of drug-likeness (QED) is 0.588. The van der Waals surface area contributed by atoms with Crippen LogP contribution in [0.4, 0.5) is 5.69 Å². The summed E-state index contributed by atoms with van der Waals surface area (Å²) in [6.07, 6.45) is 1.54. The fourth-order valence-corrected chi connectivity index (χ4v) is 6.38. The van der Waals surface area contributed by atoms with Gasteiger partial charge in [-0.25, -0.2) is 9.78 Å². The smallest absolute Gasteiger partial charge is 0.355 e. The highest BCUT2D eigenvalue weighted by molar-refractivity contribution is 8.01. The summed E-state index contributed by atoms with van der Waals surface area (Å²) >= 11 is 2.87. The highest BCUT2D eigenvalue weighted by Gasteiger charge is 2.32. The molecule has 0 unspecified atom stereocenters. The van der Waals surface area contributed by atoms with Crippen LogP contribution in [0.1, 0.15) is 34.5 Å². The fraction of sp³-hybridized carbons (Fsp3) is 0.522. The minimum atomic E-state index is -1.000. The van der Waals surface area contributed by atoms with E-state index >= 15 is 0 Å². The fourth-order valence-electron chi connectivity index (χ4n) is 4.57. The van der Waals surface area contributed by atoms with Crippen molar-refractivity contribution in [1.82, 2.24) is 14.8 Å². The SMILES string of the molecule is Cc1ccc(N2CCN(C[C@H]3CCC(=O)N3CCSc3nc(C(=O)O)cs3)CC2)c(C)c1. The van der Waals surface area contributed by atoms with E-state index in [2.05, 4.69) is 46.8 Å². The van der Waals surface area contributed by atoms with Crippen LogP contribution in [0.5, 0.6) is 0 Å². The molecule has 2 saturated heterocycles. The third-order valence-electron chi connectivity index (χ3n) is 6.25. The number of hydrogen-bond donors (Lipinski definition) is 1. The lowest BCUT2D eigenvalue weighted by Crippen LogP contribution is -2.51. The van der Waals surface area contributed by atoms with Crippen molar-refractivity contribution in [2.75, 3.05) is 49.9 Å². The molecule has 4 rings (SSSR count). The number of piperazine rings is 1. The molecule has 0 bridgehead atoms. The van der Waals surface area contributed by atoms with Crippen molar-refractivity contribution in [3.8, 4) is 0 Å². The summed E-state index contributed by atoms with van der Waals surface area (Å²) in [5.74, 6) is -0.0367. The number of thiazole rings is 1. The van der Waals surface area contributed by atoms with E-state index in [-0.39, 0.29) is 17.6 Å². The van der Waals surface area contributed by atoms with E-state index in [1.165, 1.54) is 39.9 Å². The molecule has 2 aliphatic rings. The van der Waals surface area contributed by atoms with Crippen molar-refractivity contribution in [2.24, 2.45) is 0 Å². The molecule has 0 saturated carbocycles. The monoisotopic (exact) mass is 474 g/mol. The van der Waals surface area contributed by atoms with Gasteiger partial charge in [-0.15, -0.1) is 11.3 Å². The topological polar surface area (TPSA) is 77.0 Å². The van der Waals surface area contributed by atoms with Gasteiger partial charge in [0.15, 0.2) is 10.0 Å². The average molecular weight is 475 g/mol. The van der Waals surface area contributed by atoms with Crippen molar-refractivity contribution in [1.29, 1.82) is 0 Å². The number of aromatic carboxylic acids is 1. The van der Waals surface area contributed by atoms with Crippen molar-refractivity contribution < 1.29 is 14.7 Å². The van der Waals surface area contributed by atoms with Gasteiger partial charge in [0.05, 0.1) is 0 Å². The number of carbonyl (C=O) groups excluding carboxylic acids is 1. The predicted octanol–water partition coefficient (Wildman–Crippen LogP) is 3.36. The van der Waals surface area contributed by atoms with Gasteiger partial charge in [-0.1, -0.05) is 29.5 Å². The summed E-state index contributed by atoms with van der Waals surface area (Å²) in [7, 11) is 0. The first kappa shape index (κ1) is 23.1. The number of carboxylic acids is 1. The van der Waals surface area contributed by atoms with Crippen molar-refractivity contribution in [3.63, 3.8) is 0 Å². The summed E-state index contributed by atoms with van der Waals surface area (Å²) in [6, 6.07) is 6.93. The Morgan fingerprint density at radius 3 is 2.72 bits per heavy atom. The molecule has 2 aliphatic heterocycles. The number of carboxylic acid groups (broad SMARTS) is 1. The minimum Gasteiger partial charge on any atom is -0.476 e. The average Bonchev–Trinajstić information content (AvgIpc) is 3.37. The van der Waals surface area contributed by atoms with Gasteiger partial charge in [-0.3, -0.25) is 9.69 Å². The Hall–Kier alpha value is -2.10. The minimum absolute atomic E-state index is 0.0904. The molecule has 1 aromatic carbocycles. The Kier molecular flexibility index (Phi) is 7.37. The summed E-state index contributed by atoms with van der Waals surface area (Å²) in [6.45, 7) is 9.97. The van der Waals surface area contributed by atoms with Gasteiger partial charge >= 0.3 is 5.97 Å². The zero-order chi connectivity index (χ0) is 22.7. The molecule has 1 atom stereocenters. The molecule has 0 aliphatic carbocycles. The van der Waals surface area contributed by atoms with Crippen molar-refractivity contribution in [3.05, 3.63) is 40.4 Å². The number of likely N-dealkylation sites (tertiary alicyclic amines) is 1. The van der Waals surface area contributed by atoms with Crippen LogP contribution in [-0.2, 0) is 4.79 Å². The van der Waals surface area contributed by atoms with Gasteiger partial charge in [-0.05, 0) is 31.9 Å². The lowest BCUT2D eigenvalue weighted by Gasteiger charge is -2.39. The van der Waals surface area contributed by atoms with Crippen LogP contribution < -0.4 is 4.90 Å². The molecule has 1 amide bonds. The number of hydrogen-bond acceptors (Lipinski definition) is 7. The van der Waals surface area contributed by atoms with Crippen LogP contribution in [-0.4, -0.2) is 82.8 Å². The standard InChI is InChI=1S/C23H30N4O3S2/c1-16-3-5-20(17(2)13-16)26-9-7-25(8-10-26)14-18-4-6-21(28)27(18)11-12-31-23-24-19(15-32-23)22(29)30/h3,5,13,15,18H,4,6-12,14H2,1-2H3,(H,29,30)/t18-/m1/s1. The third kappa shape index (κ3) is 5.44. The largest absolute Gasteiger partial charge is 0.476 e. The van der Waals surface area contributed by atoms with Crippen molar-refractivity contribution >= 4 is 40.7 Å². The number of carbonyl (C=O) groups is 2. The van der Waals surface area contributed by atoms with Crippen LogP contribution in [0.2, 0.25) is 0 Å². The molecule has 32 heavy (non-hydrogen) atoms. The van der Waals surface area contributed by atoms with Gasteiger partial charge in [0.25, 0.3) is 0 Å². The van der Waals surface area contributed by atoms with Gasteiger partial charge in [0.1, 0.15) is 0 Å². The normalized spacial score (nSPS) is 19.7. The predicted molar refractivity (Wildman–Crippen MR) is 129 cm³/mol. The molecule has 7 nitrogen and oxygen atoms in total. The Morgan fingerprint density at radius 1 is 1.25 bits per heavy atom. The first-order valence-corrected chi connectivity index (χ1v) is 12.9. The number of thioether (sulfide) groups is 1. The molecule has 0 spiro atoms. The molecule has 0 radical (unpaired) electrons.